The van der Waals surface area contributed by atoms with Crippen LogP contribution in [-0.4, -0.2) is 41.0 Å². The van der Waals surface area contributed by atoms with Crippen LogP contribution in [0.1, 0.15) is 30.5 Å². The number of benzene rings is 1. The average molecular weight is 390 g/mol. The Hall–Kier alpha value is -1.66. The largest absolute Gasteiger partial charge is 0.432 e. The topological polar surface area (TPSA) is 58.4 Å². The third-order valence-corrected chi connectivity index (χ3v) is 5.78. The lowest BCUT2D eigenvalue weighted by Crippen LogP contribution is -2.62. The van der Waals surface area contributed by atoms with Gasteiger partial charge in [0.1, 0.15) is 0 Å². The van der Waals surface area contributed by atoms with E-state index in [0.29, 0.717) is 17.7 Å². The van der Waals surface area contributed by atoms with E-state index in [1.54, 1.807) is 6.20 Å². The van der Waals surface area contributed by atoms with E-state index in [9.17, 15) is 4.79 Å². The summed E-state index contributed by atoms with van der Waals surface area (Å²) >= 11 is 3.44. The van der Waals surface area contributed by atoms with Crippen molar-refractivity contribution in [1.29, 1.82) is 0 Å². The van der Waals surface area contributed by atoms with Gasteiger partial charge in [0, 0.05) is 22.1 Å². The molecule has 0 radical (unpaired) electrons. The number of halogens is 1. The van der Waals surface area contributed by atoms with Crippen LogP contribution >= 0.6 is 15.9 Å². The Morgan fingerprint density at radius 1 is 1.38 bits per heavy atom. The predicted molar refractivity (Wildman–Crippen MR) is 94.7 cm³/mol. The number of fused-ring (bicyclic) bond motifs is 3. The van der Waals surface area contributed by atoms with Crippen molar-refractivity contribution in [3.63, 3.8) is 0 Å². The number of aromatic nitrogens is 1. The zero-order valence-corrected chi connectivity index (χ0v) is 15.1. The number of hydrogen-bond donors (Lipinski definition) is 1. The zero-order valence-electron chi connectivity index (χ0n) is 13.5. The van der Waals surface area contributed by atoms with Gasteiger partial charge in [-0.05, 0) is 50.9 Å². The summed E-state index contributed by atoms with van der Waals surface area (Å²) in [6, 6.07) is 8.31. The predicted octanol–water partition coefficient (Wildman–Crippen LogP) is 3.32. The second-order valence-electron chi connectivity index (χ2n) is 6.65. The lowest BCUT2D eigenvalue weighted by molar-refractivity contribution is 0.0210. The molecule has 24 heavy (non-hydrogen) atoms. The van der Waals surface area contributed by atoms with Crippen LogP contribution in [0.3, 0.4) is 0 Å². The molecule has 5 nitrogen and oxygen atoms in total. The zero-order chi connectivity index (χ0) is 16.7. The number of nitrogens with zero attached hydrogens (tertiary/aromatic N) is 2. The van der Waals surface area contributed by atoms with E-state index in [-0.39, 0.29) is 17.8 Å². The number of nitrogens with one attached hydrogen (secondary N) is 1. The van der Waals surface area contributed by atoms with Gasteiger partial charge in [-0.3, -0.25) is 9.69 Å². The van der Waals surface area contributed by atoms with Crippen molar-refractivity contribution in [2.24, 2.45) is 5.92 Å². The van der Waals surface area contributed by atoms with Gasteiger partial charge in [-0.25, -0.2) is 4.98 Å². The summed E-state index contributed by atoms with van der Waals surface area (Å²) in [4.78, 5) is 19.2. The molecule has 2 atom stereocenters. The van der Waals surface area contributed by atoms with Crippen LogP contribution in [0.2, 0.25) is 0 Å². The molecular weight excluding hydrogens is 370 g/mol. The number of piperidine rings is 3. The minimum absolute atomic E-state index is 0.133. The van der Waals surface area contributed by atoms with Crippen LogP contribution in [-0.2, 0) is 0 Å². The molecule has 3 saturated heterocycles. The van der Waals surface area contributed by atoms with E-state index in [1.165, 1.54) is 0 Å². The van der Waals surface area contributed by atoms with E-state index >= 15 is 0 Å². The van der Waals surface area contributed by atoms with Crippen molar-refractivity contribution in [3.8, 4) is 11.3 Å². The summed E-state index contributed by atoms with van der Waals surface area (Å²) < 4.78 is 6.65. The number of rotatable bonds is 3. The number of carbonyl (C=O) groups excluding carboxylic acids is 1. The summed E-state index contributed by atoms with van der Waals surface area (Å²) in [7, 11) is 0. The highest BCUT2D eigenvalue weighted by atomic mass is 79.9. The van der Waals surface area contributed by atoms with E-state index in [0.717, 1.165) is 36.0 Å². The van der Waals surface area contributed by atoms with Gasteiger partial charge in [-0.15, -0.1) is 0 Å². The van der Waals surface area contributed by atoms with Gasteiger partial charge in [0.15, 0.2) is 5.76 Å². The molecule has 2 aromatic rings. The Balaban J connectivity index is 1.49. The van der Waals surface area contributed by atoms with Crippen LogP contribution in [0, 0.1) is 5.92 Å². The van der Waals surface area contributed by atoms with Crippen molar-refractivity contribution in [2.75, 3.05) is 13.1 Å². The maximum atomic E-state index is 12.6. The van der Waals surface area contributed by atoms with Crippen molar-refractivity contribution in [1.82, 2.24) is 15.2 Å². The molecule has 6 heteroatoms. The van der Waals surface area contributed by atoms with Gasteiger partial charge >= 0.3 is 5.91 Å². The molecular formula is C18H20BrN3O2. The first kappa shape index (κ1) is 15.8. The van der Waals surface area contributed by atoms with Crippen molar-refractivity contribution in [3.05, 3.63) is 40.8 Å². The molecule has 4 heterocycles. The summed E-state index contributed by atoms with van der Waals surface area (Å²) in [5.74, 6) is 1.08. The van der Waals surface area contributed by atoms with Gasteiger partial charge < -0.3 is 9.73 Å². The van der Waals surface area contributed by atoms with E-state index in [4.69, 9.17) is 4.42 Å². The first-order valence-electron chi connectivity index (χ1n) is 8.38. The second-order valence-corrected chi connectivity index (χ2v) is 7.57. The highest BCUT2D eigenvalue weighted by molar-refractivity contribution is 9.10. The van der Waals surface area contributed by atoms with Crippen LogP contribution in [0.4, 0.5) is 0 Å². The molecule has 1 amide bonds. The molecule has 3 fully saturated rings. The normalized spacial score (nSPS) is 28.8. The fourth-order valence-corrected chi connectivity index (χ4v) is 4.31. The van der Waals surface area contributed by atoms with Crippen molar-refractivity contribution in [2.45, 2.75) is 31.8 Å². The Morgan fingerprint density at radius 2 is 2.17 bits per heavy atom. The molecule has 0 aliphatic carbocycles. The standard InChI is InChI=1S/C18H20BrN3O2/c1-11-16(12-5-7-22(11)8-6-12)21-17(23)18-20-10-15(24-18)13-3-2-4-14(19)9-13/h2-4,9-12,16H,5-8H2,1H3,(H,21,23)/t11-,16-/m0/s1. The number of amides is 1. The minimum atomic E-state index is -0.221. The molecule has 1 aromatic heterocycles. The third-order valence-electron chi connectivity index (χ3n) is 5.28. The van der Waals surface area contributed by atoms with Crippen molar-refractivity contribution >= 4 is 21.8 Å². The first-order chi connectivity index (χ1) is 11.6. The van der Waals surface area contributed by atoms with Gasteiger partial charge in [-0.1, -0.05) is 28.1 Å². The van der Waals surface area contributed by atoms with Crippen LogP contribution in [0.25, 0.3) is 11.3 Å². The molecule has 1 N–H and O–H groups in total. The number of oxazole rings is 1. The van der Waals surface area contributed by atoms with Gasteiger partial charge in [-0.2, -0.15) is 0 Å². The molecule has 126 valence electrons. The van der Waals surface area contributed by atoms with Crippen LogP contribution in [0.5, 0.6) is 0 Å². The maximum Gasteiger partial charge on any atom is 0.307 e. The molecule has 0 spiro atoms. The van der Waals surface area contributed by atoms with E-state index in [2.05, 4.69) is 38.1 Å². The SMILES string of the molecule is C[C@H]1[C@H](NC(=O)c2ncc(-c3cccc(Br)c3)o2)C2CCN1CC2. The van der Waals surface area contributed by atoms with E-state index < -0.39 is 0 Å². The van der Waals surface area contributed by atoms with Crippen molar-refractivity contribution < 1.29 is 9.21 Å². The second kappa shape index (κ2) is 6.33. The Bertz CT molecular complexity index is 750. The summed E-state index contributed by atoms with van der Waals surface area (Å²) in [6.45, 7) is 4.48. The first-order valence-corrected chi connectivity index (χ1v) is 9.18. The smallest absolute Gasteiger partial charge is 0.307 e. The molecule has 0 unspecified atom stereocenters. The molecule has 1 aromatic carbocycles. The maximum absolute atomic E-state index is 12.6. The highest BCUT2D eigenvalue weighted by Crippen LogP contribution is 2.32. The fraction of sp³-hybridized carbons (Fsp3) is 0.444. The molecule has 0 saturated carbocycles. The summed E-state index contributed by atoms with van der Waals surface area (Å²) in [6.07, 6.45) is 3.92. The average Bonchev–Trinajstić information content (AvgIpc) is 3.09. The molecule has 2 bridgehead atoms. The highest BCUT2D eigenvalue weighted by Gasteiger charge is 2.40. The number of hydrogen-bond acceptors (Lipinski definition) is 4. The molecule has 3 aliphatic heterocycles. The van der Waals surface area contributed by atoms with Gasteiger partial charge in [0.2, 0.25) is 0 Å². The lowest BCUT2D eigenvalue weighted by Gasteiger charge is -2.49. The Kier molecular flexibility index (Phi) is 4.18. The third kappa shape index (κ3) is 2.89. The Morgan fingerprint density at radius 3 is 2.88 bits per heavy atom. The Labute approximate surface area is 149 Å². The monoisotopic (exact) mass is 389 g/mol. The van der Waals surface area contributed by atoms with Gasteiger partial charge in [0.05, 0.1) is 6.20 Å². The summed E-state index contributed by atoms with van der Waals surface area (Å²) in [5.41, 5.74) is 0.895. The van der Waals surface area contributed by atoms with E-state index in [1.807, 2.05) is 24.3 Å². The summed E-state index contributed by atoms with van der Waals surface area (Å²) in [5, 5.41) is 3.15. The quantitative estimate of drug-likeness (QED) is 0.874. The number of carbonyl (C=O) groups is 1. The van der Waals surface area contributed by atoms with Crippen LogP contribution in [0.15, 0.2) is 39.4 Å². The fourth-order valence-electron chi connectivity index (χ4n) is 3.91. The van der Waals surface area contributed by atoms with Gasteiger partial charge in [0.25, 0.3) is 5.89 Å². The molecule has 5 rings (SSSR count). The van der Waals surface area contributed by atoms with Crippen LogP contribution < -0.4 is 5.32 Å². The lowest BCUT2D eigenvalue weighted by atomic mass is 9.79. The molecule has 3 aliphatic rings. The minimum Gasteiger partial charge on any atom is -0.432 e.